The first kappa shape index (κ1) is 20.9. The van der Waals surface area contributed by atoms with E-state index in [4.69, 9.17) is 4.74 Å². The van der Waals surface area contributed by atoms with Crippen molar-refractivity contribution in [3.8, 4) is 5.75 Å². The van der Waals surface area contributed by atoms with Gasteiger partial charge in [0.15, 0.2) is 0 Å². The number of piperidine rings is 1. The van der Waals surface area contributed by atoms with E-state index in [0.717, 1.165) is 49.9 Å². The summed E-state index contributed by atoms with van der Waals surface area (Å²) in [5, 5.41) is 4.08. The highest BCUT2D eigenvalue weighted by atomic mass is 33.1. The van der Waals surface area contributed by atoms with Gasteiger partial charge in [-0.05, 0) is 49.8 Å². The molecular formula is C21H32N2O2S2. The fourth-order valence-corrected chi connectivity index (χ4v) is 6.77. The number of carbonyl (C=O) groups is 1. The van der Waals surface area contributed by atoms with Gasteiger partial charge in [-0.25, -0.2) is 0 Å². The number of hydrogen-bond donors (Lipinski definition) is 1. The molecular weight excluding hydrogens is 376 g/mol. The summed E-state index contributed by atoms with van der Waals surface area (Å²) in [4.78, 5) is 14.7. The topological polar surface area (TPSA) is 41.6 Å². The van der Waals surface area contributed by atoms with Crippen LogP contribution in [0, 0.1) is 0 Å². The van der Waals surface area contributed by atoms with Gasteiger partial charge in [-0.3, -0.25) is 9.69 Å². The summed E-state index contributed by atoms with van der Waals surface area (Å²) < 4.78 is 5.22. The molecule has 0 saturated carbocycles. The molecule has 2 aliphatic rings. The van der Waals surface area contributed by atoms with Crippen molar-refractivity contribution in [2.45, 2.75) is 62.8 Å². The zero-order chi connectivity index (χ0) is 18.9. The van der Waals surface area contributed by atoms with Crippen LogP contribution >= 0.6 is 21.6 Å². The Labute approximate surface area is 171 Å². The second-order valence-corrected chi connectivity index (χ2v) is 10.3. The summed E-state index contributed by atoms with van der Waals surface area (Å²) in [6.45, 7) is 3.07. The van der Waals surface area contributed by atoms with Crippen molar-refractivity contribution in [3.63, 3.8) is 0 Å². The van der Waals surface area contributed by atoms with Gasteiger partial charge >= 0.3 is 0 Å². The molecule has 2 saturated heterocycles. The van der Waals surface area contributed by atoms with Crippen molar-refractivity contribution in [3.05, 3.63) is 29.8 Å². The maximum Gasteiger partial charge on any atom is 0.220 e. The molecule has 1 aromatic rings. The first-order chi connectivity index (χ1) is 13.2. The average Bonchev–Trinajstić information content (AvgIpc) is 3.21. The Hall–Kier alpha value is -0.850. The first-order valence-electron chi connectivity index (χ1n) is 10.2. The van der Waals surface area contributed by atoms with Gasteiger partial charge in [0.1, 0.15) is 5.75 Å². The number of nitrogens with zero attached hydrogens (tertiary/aromatic N) is 1. The Kier molecular flexibility index (Phi) is 8.68. The van der Waals surface area contributed by atoms with Crippen LogP contribution in [0.1, 0.15) is 50.5 Å². The molecule has 1 amide bonds. The van der Waals surface area contributed by atoms with Gasteiger partial charge in [0.2, 0.25) is 5.91 Å². The predicted molar refractivity (Wildman–Crippen MR) is 116 cm³/mol. The number of ether oxygens (including phenoxy) is 1. The van der Waals surface area contributed by atoms with Crippen molar-refractivity contribution >= 4 is 27.5 Å². The SMILES string of the molecule is COc1ccc(CN2CCC(NC(=O)CCCC[C@H]3CCSS3)CC2)cc1. The van der Waals surface area contributed by atoms with Crippen LogP contribution in [0.4, 0.5) is 0 Å². The summed E-state index contributed by atoms with van der Waals surface area (Å²) in [5.41, 5.74) is 1.32. The van der Waals surface area contributed by atoms with E-state index >= 15 is 0 Å². The molecule has 2 aliphatic heterocycles. The summed E-state index contributed by atoms with van der Waals surface area (Å²) in [7, 11) is 5.73. The van der Waals surface area contributed by atoms with E-state index in [9.17, 15) is 4.79 Å². The van der Waals surface area contributed by atoms with Gasteiger partial charge in [0.25, 0.3) is 0 Å². The molecule has 27 heavy (non-hydrogen) atoms. The summed E-state index contributed by atoms with van der Waals surface area (Å²) >= 11 is 0. The number of amides is 1. The molecule has 3 rings (SSSR count). The largest absolute Gasteiger partial charge is 0.497 e. The molecule has 0 aliphatic carbocycles. The van der Waals surface area contributed by atoms with Gasteiger partial charge < -0.3 is 10.1 Å². The highest BCUT2D eigenvalue weighted by molar-refractivity contribution is 8.77. The average molecular weight is 409 g/mol. The van der Waals surface area contributed by atoms with Crippen LogP contribution in [0.25, 0.3) is 0 Å². The quantitative estimate of drug-likeness (QED) is 0.482. The smallest absolute Gasteiger partial charge is 0.220 e. The van der Waals surface area contributed by atoms with Gasteiger partial charge in [0, 0.05) is 43.1 Å². The van der Waals surface area contributed by atoms with E-state index in [0.29, 0.717) is 12.5 Å². The third-order valence-corrected chi connectivity index (χ3v) is 8.43. The monoisotopic (exact) mass is 408 g/mol. The van der Waals surface area contributed by atoms with Crippen LogP contribution in [0.15, 0.2) is 24.3 Å². The molecule has 4 nitrogen and oxygen atoms in total. The molecule has 1 atom stereocenters. The van der Waals surface area contributed by atoms with Gasteiger partial charge in [-0.2, -0.15) is 0 Å². The molecule has 0 bridgehead atoms. The minimum atomic E-state index is 0.247. The molecule has 0 aromatic heterocycles. The van der Waals surface area contributed by atoms with Gasteiger partial charge in [0.05, 0.1) is 7.11 Å². The van der Waals surface area contributed by atoms with E-state index in [1.807, 2.05) is 33.7 Å². The Bertz CT molecular complexity index is 568. The van der Waals surface area contributed by atoms with Gasteiger partial charge in [-0.15, -0.1) is 0 Å². The van der Waals surface area contributed by atoms with Crippen LogP contribution < -0.4 is 10.1 Å². The van der Waals surface area contributed by atoms with Crippen molar-refractivity contribution < 1.29 is 9.53 Å². The van der Waals surface area contributed by atoms with Crippen molar-refractivity contribution in [1.29, 1.82) is 0 Å². The lowest BCUT2D eigenvalue weighted by Gasteiger charge is -2.32. The van der Waals surface area contributed by atoms with Crippen LogP contribution in [0.5, 0.6) is 5.75 Å². The van der Waals surface area contributed by atoms with E-state index in [2.05, 4.69) is 22.3 Å². The van der Waals surface area contributed by atoms with E-state index < -0.39 is 0 Å². The second-order valence-electron chi connectivity index (χ2n) is 7.54. The normalized spacial score (nSPS) is 21.3. The fraction of sp³-hybridized carbons (Fsp3) is 0.667. The number of benzene rings is 1. The summed E-state index contributed by atoms with van der Waals surface area (Å²) in [6.07, 6.45) is 7.63. The lowest BCUT2D eigenvalue weighted by molar-refractivity contribution is -0.122. The Balaban J connectivity index is 1.27. The standard InChI is InChI=1S/C21H32N2O2S2/c1-25-19-8-6-17(7-9-19)16-23-13-10-18(11-14-23)22-21(24)5-3-2-4-20-12-15-26-27-20/h6-9,18,20H,2-5,10-16H2,1H3,(H,22,24)/t20-/m0/s1. The van der Waals surface area contributed by atoms with Crippen LogP contribution in [0.2, 0.25) is 0 Å². The number of rotatable bonds is 9. The molecule has 150 valence electrons. The predicted octanol–water partition coefficient (Wildman–Crippen LogP) is 4.49. The highest BCUT2D eigenvalue weighted by Crippen LogP contribution is 2.39. The van der Waals surface area contributed by atoms with Crippen LogP contribution in [-0.4, -0.2) is 48.1 Å². The van der Waals surface area contributed by atoms with E-state index in [-0.39, 0.29) is 5.91 Å². The zero-order valence-corrected chi connectivity index (χ0v) is 18.0. The maximum atomic E-state index is 12.2. The Morgan fingerprint density at radius 2 is 1.96 bits per heavy atom. The molecule has 2 heterocycles. The lowest BCUT2D eigenvalue weighted by atomic mass is 10.0. The highest BCUT2D eigenvalue weighted by Gasteiger charge is 2.21. The fourth-order valence-electron chi connectivity index (χ4n) is 3.75. The van der Waals surface area contributed by atoms with Crippen molar-refractivity contribution in [2.75, 3.05) is 26.0 Å². The summed E-state index contributed by atoms with van der Waals surface area (Å²) in [6, 6.07) is 8.66. The first-order valence-corrected chi connectivity index (χ1v) is 12.5. The van der Waals surface area contributed by atoms with Crippen molar-refractivity contribution in [2.24, 2.45) is 0 Å². The number of nitrogens with one attached hydrogen (secondary N) is 1. The molecule has 2 fully saturated rings. The van der Waals surface area contributed by atoms with E-state index in [1.165, 1.54) is 30.6 Å². The zero-order valence-electron chi connectivity index (χ0n) is 16.3. The van der Waals surface area contributed by atoms with E-state index in [1.54, 1.807) is 7.11 Å². The second kappa shape index (κ2) is 11.2. The minimum absolute atomic E-state index is 0.247. The number of hydrogen-bond acceptors (Lipinski definition) is 5. The number of likely N-dealkylation sites (tertiary alicyclic amines) is 1. The molecule has 6 heteroatoms. The molecule has 0 radical (unpaired) electrons. The lowest BCUT2D eigenvalue weighted by Crippen LogP contribution is -2.44. The van der Waals surface area contributed by atoms with Crippen molar-refractivity contribution in [1.82, 2.24) is 10.2 Å². The third kappa shape index (κ3) is 7.24. The maximum absolute atomic E-state index is 12.2. The van der Waals surface area contributed by atoms with Crippen LogP contribution in [0.3, 0.4) is 0 Å². The molecule has 1 aromatic carbocycles. The van der Waals surface area contributed by atoms with Gasteiger partial charge in [-0.1, -0.05) is 40.1 Å². The minimum Gasteiger partial charge on any atom is -0.497 e. The number of unbranched alkanes of at least 4 members (excludes halogenated alkanes) is 1. The number of methoxy groups -OCH3 is 1. The Morgan fingerprint density at radius 1 is 1.19 bits per heavy atom. The van der Waals surface area contributed by atoms with Crippen LogP contribution in [-0.2, 0) is 11.3 Å². The Morgan fingerprint density at radius 3 is 2.63 bits per heavy atom. The molecule has 0 unspecified atom stereocenters. The molecule has 1 N–H and O–H groups in total. The summed E-state index contributed by atoms with van der Waals surface area (Å²) in [5.74, 6) is 2.45. The third-order valence-electron chi connectivity index (χ3n) is 5.43. The number of carbonyl (C=O) groups excluding carboxylic acids is 1. The molecule has 0 spiro atoms.